The smallest absolute Gasteiger partial charge is 0.336 e. The molecule has 0 aliphatic rings. The molecule has 0 aliphatic carbocycles. The Bertz CT molecular complexity index is 580. The zero-order valence-corrected chi connectivity index (χ0v) is 14.3. The van der Waals surface area contributed by atoms with Crippen LogP contribution in [0.4, 0.5) is 4.79 Å². The predicted molar refractivity (Wildman–Crippen MR) is 90.1 cm³/mol. The van der Waals surface area contributed by atoms with Gasteiger partial charge < -0.3 is 9.64 Å². The molecule has 0 fully saturated rings. The predicted octanol–water partition coefficient (Wildman–Crippen LogP) is 2.19. The van der Waals surface area contributed by atoms with Crippen molar-refractivity contribution < 1.29 is 14.3 Å². The van der Waals surface area contributed by atoms with E-state index in [2.05, 4.69) is 17.8 Å². The molecule has 1 aromatic rings. The topological polar surface area (TPSA) is 94.5 Å². The van der Waals surface area contributed by atoms with Crippen LogP contribution in [0.1, 0.15) is 39.2 Å². The third-order valence-electron chi connectivity index (χ3n) is 3.41. The van der Waals surface area contributed by atoms with Gasteiger partial charge >= 0.3 is 6.03 Å². The van der Waals surface area contributed by atoms with Crippen molar-refractivity contribution >= 4 is 11.9 Å². The van der Waals surface area contributed by atoms with Crippen molar-refractivity contribution in [1.82, 2.24) is 15.8 Å². The molecule has 0 spiro atoms. The number of amides is 3. The monoisotopic (exact) mass is 332 g/mol. The maximum atomic E-state index is 12.0. The van der Waals surface area contributed by atoms with E-state index >= 15 is 0 Å². The van der Waals surface area contributed by atoms with Gasteiger partial charge in [0.15, 0.2) is 6.10 Å². The third-order valence-corrected chi connectivity index (χ3v) is 3.41. The number of hydrogen-bond acceptors (Lipinski definition) is 4. The first-order chi connectivity index (χ1) is 11.5. The van der Waals surface area contributed by atoms with Gasteiger partial charge in [-0.15, -0.1) is 0 Å². The molecule has 7 heteroatoms. The van der Waals surface area contributed by atoms with Crippen molar-refractivity contribution in [2.45, 2.75) is 39.7 Å². The van der Waals surface area contributed by atoms with Gasteiger partial charge in [-0.3, -0.25) is 10.2 Å². The van der Waals surface area contributed by atoms with Crippen LogP contribution in [0.2, 0.25) is 0 Å². The second-order valence-electron chi connectivity index (χ2n) is 5.25. The zero-order chi connectivity index (χ0) is 17.9. The molecule has 1 aromatic carbocycles. The summed E-state index contributed by atoms with van der Waals surface area (Å²) >= 11 is 0. The van der Waals surface area contributed by atoms with Crippen LogP contribution in [0.15, 0.2) is 24.3 Å². The maximum absolute atomic E-state index is 12.0. The highest BCUT2D eigenvalue weighted by molar-refractivity contribution is 5.84. The van der Waals surface area contributed by atoms with Gasteiger partial charge in [-0.2, -0.15) is 5.26 Å². The van der Waals surface area contributed by atoms with Crippen molar-refractivity contribution in [1.29, 1.82) is 5.26 Å². The third kappa shape index (κ3) is 6.16. The van der Waals surface area contributed by atoms with Gasteiger partial charge in [0, 0.05) is 13.1 Å². The molecular weight excluding hydrogens is 308 g/mol. The highest BCUT2D eigenvalue weighted by Gasteiger charge is 2.17. The van der Waals surface area contributed by atoms with Crippen molar-refractivity contribution in [2.24, 2.45) is 0 Å². The second kappa shape index (κ2) is 10.1. The van der Waals surface area contributed by atoms with Crippen molar-refractivity contribution in [3.63, 3.8) is 0 Å². The van der Waals surface area contributed by atoms with Gasteiger partial charge in [0.25, 0.3) is 5.91 Å². The summed E-state index contributed by atoms with van der Waals surface area (Å²) in [6, 6.07) is 8.11. The number of nitriles is 1. The molecule has 7 nitrogen and oxygen atoms in total. The first-order valence-electron chi connectivity index (χ1n) is 8.03. The number of urea groups is 1. The number of unbranched alkanes of at least 4 members (excludes halogenated alkanes) is 1. The summed E-state index contributed by atoms with van der Waals surface area (Å²) in [5.74, 6) is 0.0142. The Kier molecular flexibility index (Phi) is 8.13. The molecule has 130 valence electrons. The normalized spacial score (nSPS) is 11.1. The summed E-state index contributed by atoms with van der Waals surface area (Å²) in [4.78, 5) is 25.6. The average Bonchev–Trinajstić information content (AvgIpc) is 2.60. The summed E-state index contributed by atoms with van der Waals surface area (Å²) in [6.45, 7) is 6.72. The van der Waals surface area contributed by atoms with E-state index in [9.17, 15) is 9.59 Å². The standard InChI is InChI=1S/C17H24N4O3/c1-4-6-11-21(5-2)17(23)20-19-16(22)13(3)24-15-9-7-14(12-18)8-10-15/h7-10,13H,4-6,11H2,1-3H3,(H,19,22)(H,20,23)/t13-/m1/s1. The number of hydrazine groups is 1. The zero-order valence-electron chi connectivity index (χ0n) is 14.3. The Balaban J connectivity index is 2.45. The van der Waals surface area contributed by atoms with E-state index < -0.39 is 12.0 Å². The fourth-order valence-electron chi connectivity index (χ4n) is 1.91. The van der Waals surface area contributed by atoms with Crippen LogP contribution >= 0.6 is 0 Å². The molecule has 2 N–H and O–H groups in total. The van der Waals surface area contributed by atoms with Crippen LogP contribution < -0.4 is 15.6 Å². The fourth-order valence-corrected chi connectivity index (χ4v) is 1.91. The molecule has 0 aliphatic heterocycles. The van der Waals surface area contributed by atoms with E-state index in [0.29, 0.717) is 24.4 Å². The van der Waals surface area contributed by atoms with E-state index in [1.165, 1.54) is 0 Å². The molecule has 0 saturated heterocycles. The van der Waals surface area contributed by atoms with Gasteiger partial charge in [0.1, 0.15) is 5.75 Å². The molecule has 1 atom stereocenters. The molecule has 3 amide bonds. The summed E-state index contributed by atoms with van der Waals surface area (Å²) < 4.78 is 5.47. The van der Waals surface area contributed by atoms with Gasteiger partial charge in [-0.25, -0.2) is 10.2 Å². The SMILES string of the molecule is CCCCN(CC)C(=O)NNC(=O)[C@@H](C)Oc1ccc(C#N)cc1. The number of nitrogens with zero attached hydrogens (tertiary/aromatic N) is 2. The number of hydrogen-bond donors (Lipinski definition) is 2. The molecular formula is C17H24N4O3. The Morgan fingerprint density at radius 2 is 1.92 bits per heavy atom. The van der Waals surface area contributed by atoms with Crippen LogP contribution in [0, 0.1) is 11.3 Å². The van der Waals surface area contributed by atoms with Gasteiger partial charge in [-0.05, 0) is 44.5 Å². The molecule has 0 aromatic heterocycles. The number of ether oxygens (including phenoxy) is 1. The minimum absolute atomic E-state index is 0.343. The largest absolute Gasteiger partial charge is 0.481 e. The molecule has 0 unspecified atom stereocenters. The summed E-state index contributed by atoms with van der Waals surface area (Å²) in [7, 11) is 0. The summed E-state index contributed by atoms with van der Waals surface area (Å²) in [5.41, 5.74) is 5.26. The number of rotatable bonds is 7. The molecule has 0 saturated carbocycles. The van der Waals surface area contributed by atoms with Crippen LogP contribution in [0.5, 0.6) is 5.75 Å². The first kappa shape index (κ1) is 19.3. The lowest BCUT2D eigenvalue weighted by molar-refractivity contribution is -0.128. The Morgan fingerprint density at radius 3 is 2.46 bits per heavy atom. The number of nitrogens with one attached hydrogen (secondary N) is 2. The van der Waals surface area contributed by atoms with Crippen LogP contribution in [-0.2, 0) is 4.79 Å². The Morgan fingerprint density at radius 1 is 1.25 bits per heavy atom. The molecule has 0 bridgehead atoms. The minimum Gasteiger partial charge on any atom is -0.481 e. The minimum atomic E-state index is -0.788. The Hall–Kier alpha value is -2.75. The lowest BCUT2D eigenvalue weighted by atomic mass is 10.2. The van der Waals surface area contributed by atoms with E-state index in [0.717, 1.165) is 12.8 Å². The first-order valence-corrected chi connectivity index (χ1v) is 8.03. The van der Waals surface area contributed by atoms with E-state index in [1.54, 1.807) is 36.1 Å². The lowest BCUT2D eigenvalue weighted by Crippen LogP contribution is -2.52. The van der Waals surface area contributed by atoms with Gasteiger partial charge in [0.05, 0.1) is 11.6 Å². The lowest BCUT2D eigenvalue weighted by Gasteiger charge is -2.22. The molecule has 0 heterocycles. The van der Waals surface area contributed by atoms with Crippen molar-refractivity contribution in [3.05, 3.63) is 29.8 Å². The molecule has 1 rings (SSSR count). The van der Waals surface area contributed by atoms with Crippen LogP contribution in [0.25, 0.3) is 0 Å². The van der Waals surface area contributed by atoms with Gasteiger partial charge in [-0.1, -0.05) is 13.3 Å². The van der Waals surface area contributed by atoms with Crippen LogP contribution in [-0.4, -0.2) is 36.0 Å². The second-order valence-corrected chi connectivity index (χ2v) is 5.25. The van der Waals surface area contributed by atoms with Gasteiger partial charge in [0.2, 0.25) is 0 Å². The fraction of sp³-hybridized carbons (Fsp3) is 0.471. The van der Waals surface area contributed by atoms with E-state index in [-0.39, 0.29) is 6.03 Å². The Labute approximate surface area is 142 Å². The number of benzene rings is 1. The maximum Gasteiger partial charge on any atom is 0.336 e. The quantitative estimate of drug-likeness (QED) is 0.748. The average molecular weight is 332 g/mol. The van der Waals surface area contributed by atoms with Crippen molar-refractivity contribution in [3.8, 4) is 11.8 Å². The number of carbonyl (C=O) groups is 2. The highest BCUT2D eigenvalue weighted by Crippen LogP contribution is 2.13. The number of carbonyl (C=O) groups excluding carboxylic acids is 2. The van der Waals surface area contributed by atoms with E-state index in [4.69, 9.17) is 10.00 Å². The van der Waals surface area contributed by atoms with Crippen LogP contribution in [0.3, 0.4) is 0 Å². The van der Waals surface area contributed by atoms with Crippen molar-refractivity contribution in [2.75, 3.05) is 13.1 Å². The summed E-state index contributed by atoms with van der Waals surface area (Å²) in [6.07, 6.45) is 1.11. The molecule has 0 radical (unpaired) electrons. The van der Waals surface area contributed by atoms with E-state index in [1.807, 2.05) is 13.0 Å². The highest BCUT2D eigenvalue weighted by atomic mass is 16.5. The summed E-state index contributed by atoms with van der Waals surface area (Å²) in [5, 5.41) is 8.74. The molecule has 24 heavy (non-hydrogen) atoms.